The molecule has 2 aromatic rings. The number of hydrogen-bond donors (Lipinski definition) is 1. The number of halogens is 1. The van der Waals surface area contributed by atoms with Gasteiger partial charge in [0.1, 0.15) is 6.10 Å². The molecule has 5 heteroatoms. The highest BCUT2D eigenvalue weighted by Gasteiger charge is 2.17. The van der Waals surface area contributed by atoms with Crippen LogP contribution in [0.1, 0.15) is 30.7 Å². The topological polar surface area (TPSA) is 38.0 Å². The maximum absolute atomic E-state index is 10.3. The fourth-order valence-corrected chi connectivity index (χ4v) is 3.16. The van der Waals surface area contributed by atoms with Crippen LogP contribution < -0.4 is 0 Å². The van der Waals surface area contributed by atoms with Crippen LogP contribution in [-0.2, 0) is 6.54 Å². The van der Waals surface area contributed by atoms with E-state index in [2.05, 4.69) is 27.8 Å². The van der Waals surface area contributed by atoms with Crippen LogP contribution >= 0.6 is 27.3 Å². The minimum atomic E-state index is -0.602. The number of aromatic nitrogens is 2. The summed E-state index contributed by atoms with van der Waals surface area (Å²) in [6.45, 7) is 2.99. The van der Waals surface area contributed by atoms with Crippen molar-refractivity contribution in [1.29, 1.82) is 0 Å². The van der Waals surface area contributed by atoms with Gasteiger partial charge in [0.05, 0.1) is 18.2 Å². The predicted molar refractivity (Wildman–Crippen MR) is 68.6 cm³/mol. The van der Waals surface area contributed by atoms with E-state index in [4.69, 9.17) is 0 Å². The predicted octanol–water partition coefficient (Wildman–Crippen LogP) is 3.20. The molecule has 1 unspecified atom stereocenters. The van der Waals surface area contributed by atoms with Crippen molar-refractivity contribution in [2.75, 3.05) is 0 Å². The van der Waals surface area contributed by atoms with Crippen LogP contribution in [-0.4, -0.2) is 14.7 Å². The van der Waals surface area contributed by atoms with Gasteiger partial charge in [-0.15, -0.1) is 0 Å². The lowest BCUT2D eigenvalue weighted by Gasteiger charge is -2.12. The Kier molecular flexibility index (Phi) is 3.78. The lowest BCUT2D eigenvalue weighted by molar-refractivity contribution is 0.209. The standard InChI is InChI=1S/C11H13BrN2OS/c1-2-3-14-7-13-4-10(14)11(15)8-5-16-6-9(8)12/h4-7,11,15H,2-3H2,1H3. The molecule has 2 aromatic heterocycles. The summed E-state index contributed by atoms with van der Waals surface area (Å²) in [5.74, 6) is 0. The zero-order valence-corrected chi connectivity index (χ0v) is 11.3. The molecule has 0 aliphatic heterocycles. The second-order valence-corrected chi connectivity index (χ2v) is 5.19. The maximum Gasteiger partial charge on any atom is 0.122 e. The van der Waals surface area contributed by atoms with Crippen molar-refractivity contribution in [2.45, 2.75) is 26.0 Å². The number of aliphatic hydroxyl groups excluding tert-OH is 1. The van der Waals surface area contributed by atoms with Gasteiger partial charge in [-0.2, -0.15) is 11.3 Å². The largest absolute Gasteiger partial charge is 0.382 e. The molecule has 2 rings (SSSR count). The highest BCUT2D eigenvalue weighted by molar-refractivity contribution is 9.10. The number of hydrogen-bond acceptors (Lipinski definition) is 3. The molecule has 86 valence electrons. The zero-order chi connectivity index (χ0) is 11.5. The van der Waals surface area contributed by atoms with Gasteiger partial charge in [-0.1, -0.05) is 6.92 Å². The molecule has 2 heterocycles. The minimum Gasteiger partial charge on any atom is -0.382 e. The van der Waals surface area contributed by atoms with E-state index in [0.717, 1.165) is 28.7 Å². The molecule has 0 fully saturated rings. The number of thiophene rings is 1. The summed E-state index contributed by atoms with van der Waals surface area (Å²) >= 11 is 5.01. The molecule has 0 amide bonds. The molecule has 0 radical (unpaired) electrons. The van der Waals surface area contributed by atoms with Gasteiger partial charge in [-0.05, 0) is 27.7 Å². The number of rotatable bonds is 4. The molecule has 3 nitrogen and oxygen atoms in total. The molecular weight excluding hydrogens is 288 g/mol. The molecule has 1 N–H and O–H groups in total. The number of aryl methyl sites for hydroxylation is 1. The molecule has 0 aliphatic rings. The van der Waals surface area contributed by atoms with Crippen LogP contribution in [0.25, 0.3) is 0 Å². The molecule has 0 saturated carbocycles. The summed E-state index contributed by atoms with van der Waals surface area (Å²) in [5.41, 5.74) is 1.75. The first kappa shape index (κ1) is 11.8. The van der Waals surface area contributed by atoms with Gasteiger partial charge in [0, 0.05) is 22.0 Å². The Balaban J connectivity index is 2.30. The van der Waals surface area contributed by atoms with Gasteiger partial charge in [0.2, 0.25) is 0 Å². The van der Waals surface area contributed by atoms with E-state index in [1.54, 1.807) is 23.9 Å². The number of imidazole rings is 1. The first-order valence-corrected chi connectivity index (χ1v) is 6.87. The van der Waals surface area contributed by atoms with Crippen LogP contribution in [0.5, 0.6) is 0 Å². The molecule has 0 saturated heterocycles. The fourth-order valence-electron chi connectivity index (χ4n) is 1.63. The Morgan fingerprint density at radius 3 is 3.00 bits per heavy atom. The normalized spacial score (nSPS) is 12.9. The third-order valence-corrected chi connectivity index (χ3v) is 4.18. The van der Waals surface area contributed by atoms with Gasteiger partial charge in [0.15, 0.2) is 0 Å². The lowest BCUT2D eigenvalue weighted by Crippen LogP contribution is -2.07. The molecule has 16 heavy (non-hydrogen) atoms. The molecule has 0 aromatic carbocycles. The second kappa shape index (κ2) is 5.12. The summed E-state index contributed by atoms with van der Waals surface area (Å²) in [7, 11) is 0. The summed E-state index contributed by atoms with van der Waals surface area (Å²) < 4.78 is 2.95. The Morgan fingerprint density at radius 1 is 1.56 bits per heavy atom. The Bertz CT molecular complexity index is 466. The van der Waals surface area contributed by atoms with Gasteiger partial charge in [0.25, 0.3) is 0 Å². The molecule has 0 bridgehead atoms. The van der Waals surface area contributed by atoms with Crippen molar-refractivity contribution >= 4 is 27.3 Å². The van der Waals surface area contributed by atoms with Crippen molar-refractivity contribution in [3.05, 3.63) is 39.0 Å². The summed E-state index contributed by atoms with van der Waals surface area (Å²) in [5, 5.41) is 14.2. The zero-order valence-electron chi connectivity index (χ0n) is 8.93. The van der Waals surface area contributed by atoms with Crippen molar-refractivity contribution in [2.24, 2.45) is 0 Å². The average Bonchev–Trinajstić information content (AvgIpc) is 2.87. The van der Waals surface area contributed by atoms with Gasteiger partial charge in [-0.25, -0.2) is 4.98 Å². The SMILES string of the molecule is CCCn1cncc1C(O)c1cscc1Br. The highest BCUT2D eigenvalue weighted by atomic mass is 79.9. The summed E-state index contributed by atoms with van der Waals surface area (Å²) in [6, 6.07) is 0. The second-order valence-electron chi connectivity index (χ2n) is 3.59. The van der Waals surface area contributed by atoms with E-state index in [1.807, 2.05) is 15.3 Å². The van der Waals surface area contributed by atoms with Crippen molar-refractivity contribution < 1.29 is 5.11 Å². The summed E-state index contributed by atoms with van der Waals surface area (Å²) in [4.78, 5) is 4.09. The Labute approximate surface area is 107 Å². The van der Waals surface area contributed by atoms with Crippen LogP contribution in [0, 0.1) is 0 Å². The van der Waals surface area contributed by atoms with E-state index in [1.165, 1.54) is 0 Å². The minimum absolute atomic E-state index is 0.602. The van der Waals surface area contributed by atoms with E-state index in [-0.39, 0.29) is 0 Å². The third kappa shape index (κ3) is 2.21. The maximum atomic E-state index is 10.3. The fraction of sp³-hybridized carbons (Fsp3) is 0.364. The molecule has 0 spiro atoms. The lowest BCUT2D eigenvalue weighted by atomic mass is 10.1. The van der Waals surface area contributed by atoms with Gasteiger partial charge in [-0.3, -0.25) is 0 Å². The van der Waals surface area contributed by atoms with Gasteiger partial charge >= 0.3 is 0 Å². The van der Waals surface area contributed by atoms with E-state index < -0.39 is 6.10 Å². The van der Waals surface area contributed by atoms with Crippen LogP contribution in [0.3, 0.4) is 0 Å². The highest BCUT2D eigenvalue weighted by Crippen LogP contribution is 2.31. The smallest absolute Gasteiger partial charge is 0.122 e. The first-order valence-electron chi connectivity index (χ1n) is 5.13. The van der Waals surface area contributed by atoms with E-state index in [0.29, 0.717) is 0 Å². The van der Waals surface area contributed by atoms with Crippen molar-refractivity contribution in [3.63, 3.8) is 0 Å². The third-order valence-electron chi connectivity index (χ3n) is 2.43. The first-order chi connectivity index (χ1) is 7.74. The quantitative estimate of drug-likeness (QED) is 0.941. The molecule has 1 atom stereocenters. The Morgan fingerprint density at radius 2 is 2.38 bits per heavy atom. The monoisotopic (exact) mass is 300 g/mol. The van der Waals surface area contributed by atoms with Crippen LogP contribution in [0.15, 0.2) is 27.8 Å². The van der Waals surface area contributed by atoms with Crippen molar-refractivity contribution in [3.8, 4) is 0 Å². The van der Waals surface area contributed by atoms with E-state index in [9.17, 15) is 5.11 Å². The molecule has 0 aliphatic carbocycles. The number of aliphatic hydroxyl groups is 1. The van der Waals surface area contributed by atoms with Gasteiger partial charge < -0.3 is 9.67 Å². The van der Waals surface area contributed by atoms with Crippen LogP contribution in [0.2, 0.25) is 0 Å². The Hall–Kier alpha value is -0.650. The molecular formula is C11H13BrN2OS. The average molecular weight is 301 g/mol. The summed E-state index contributed by atoms with van der Waals surface area (Å²) in [6.07, 6.45) is 3.92. The van der Waals surface area contributed by atoms with Crippen molar-refractivity contribution in [1.82, 2.24) is 9.55 Å². The number of nitrogens with zero attached hydrogens (tertiary/aromatic N) is 2. The van der Waals surface area contributed by atoms with Crippen LogP contribution in [0.4, 0.5) is 0 Å². The van der Waals surface area contributed by atoms with E-state index >= 15 is 0 Å².